The monoisotopic (exact) mass is 248 g/mol. The number of aliphatic hydroxyl groups is 2. The quantitative estimate of drug-likeness (QED) is 0.693. The summed E-state index contributed by atoms with van der Waals surface area (Å²) in [5.41, 5.74) is -0.639. The van der Waals surface area contributed by atoms with Crippen LogP contribution in [0.4, 0.5) is 0 Å². The topological polar surface area (TPSA) is 57.5 Å². The predicted octanol–water partition coefficient (Wildman–Crippen LogP) is 1.60. The van der Waals surface area contributed by atoms with Gasteiger partial charge in [-0.25, -0.2) is 0 Å². The van der Waals surface area contributed by atoms with E-state index in [-0.39, 0.29) is 18.8 Å². The van der Waals surface area contributed by atoms with Crippen LogP contribution >= 0.6 is 0 Å². The van der Waals surface area contributed by atoms with Crippen molar-refractivity contribution in [1.29, 1.82) is 0 Å². The van der Waals surface area contributed by atoms with Crippen molar-refractivity contribution in [2.24, 2.45) is 5.41 Å². The summed E-state index contributed by atoms with van der Waals surface area (Å²) in [7, 11) is 0. The van der Waals surface area contributed by atoms with E-state index < -0.39 is 11.0 Å². The molecule has 0 bridgehead atoms. The van der Waals surface area contributed by atoms with Crippen LogP contribution in [0, 0.1) is 17.3 Å². The van der Waals surface area contributed by atoms with Crippen molar-refractivity contribution in [2.75, 3.05) is 6.61 Å². The van der Waals surface area contributed by atoms with E-state index in [0.717, 1.165) is 0 Å². The molecule has 3 heteroatoms. The fraction of sp³-hybridized carbons (Fsp3) is 0.533. The van der Waals surface area contributed by atoms with Crippen molar-refractivity contribution >= 4 is 5.78 Å². The molecule has 0 aromatic carbocycles. The molecule has 18 heavy (non-hydrogen) atoms. The maximum atomic E-state index is 11.5. The van der Waals surface area contributed by atoms with E-state index >= 15 is 0 Å². The first-order valence-electron chi connectivity index (χ1n) is 5.98. The summed E-state index contributed by atoms with van der Waals surface area (Å²) >= 11 is 0. The van der Waals surface area contributed by atoms with Crippen LogP contribution in [0.25, 0.3) is 0 Å². The van der Waals surface area contributed by atoms with Gasteiger partial charge in [-0.3, -0.25) is 4.79 Å². The van der Waals surface area contributed by atoms with Gasteiger partial charge in [0.25, 0.3) is 0 Å². The summed E-state index contributed by atoms with van der Waals surface area (Å²) in [5, 5.41) is 19.5. The third kappa shape index (κ3) is 2.72. The van der Waals surface area contributed by atoms with E-state index in [1.165, 1.54) is 6.08 Å². The van der Waals surface area contributed by atoms with Gasteiger partial charge in [0.15, 0.2) is 11.4 Å². The van der Waals surface area contributed by atoms with Crippen molar-refractivity contribution in [3.05, 3.63) is 23.3 Å². The van der Waals surface area contributed by atoms with Gasteiger partial charge in [-0.15, -0.1) is 0 Å². The van der Waals surface area contributed by atoms with E-state index in [0.29, 0.717) is 11.1 Å². The van der Waals surface area contributed by atoms with Crippen LogP contribution in [0.2, 0.25) is 0 Å². The molecule has 0 aromatic rings. The highest BCUT2D eigenvalue weighted by Gasteiger charge is 2.47. The number of carbonyl (C=O) groups is 1. The number of carbonyl (C=O) groups excluding carboxylic acids is 1. The molecule has 1 atom stereocenters. The van der Waals surface area contributed by atoms with Crippen LogP contribution in [0.1, 0.15) is 34.1 Å². The lowest BCUT2D eigenvalue weighted by Crippen LogP contribution is -2.48. The molecule has 0 aliphatic heterocycles. The maximum absolute atomic E-state index is 11.5. The Hall–Kier alpha value is -1.37. The lowest BCUT2D eigenvalue weighted by atomic mass is 9.65. The molecule has 98 valence electrons. The SMILES string of the molecule is CC1=CC(=O)CC(C)(C)C1(O)C#C/C(C)=C\CO. The fourth-order valence-corrected chi connectivity index (χ4v) is 2.14. The minimum Gasteiger partial charge on any atom is -0.392 e. The van der Waals surface area contributed by atoms with Crippen molar-refractivity contribution in [2.45, 2.75) is 39.7 Å². The van der Waals surface area contributed by atoms with Crippen molar-refractivity contribution < 1.29 is 15.0 Å². The first-order chi connectivity index (χ1) is 8.23. The predicted molar refractivity (Wildman–Crippen MR) is 70.7 cm³/mol. The van der Waals surface area contributed by atoms with Crippen LogP contribution < -0.4 is 0 Å². The Morgan fingerprint density at radius 3 is 2.67 bits per heavy atom. The molecule has 3 nitrogen and oxygen atoms in total. The van der Waals surface area contributed by atoms with Crippen LogP contribution in [-0.2, 0) is 4.79 Å². The molecule has 0 fully saturated rings. The van der Waals surface area contributed by atoms with E-state index in [1.807, 2.05) is 13.8 Å². The standard InChI is InChI=1S/C15H20O3/c1-11(6-8-16)5-7-15(18)12(2)9-13(17)10-14(15,3)4/h6,9,16,18H,8,10H2,1-4H3/b11-6-. The Bertz CT molecular complexity index is 472. The van der Waals surface area contributed by atoms with Gasteiger partial charge in [0, 0.05) is 11.8 Å². The zero-order valence-corrected chi connectivity index (χ0v) is 11.4. The zero-order valence-electron chi connectivity index (χ0n) is 11.4. The Morgan fingerprint density at radius 2 is 2.17 bits per heavy atom. The van der Waals surface area contributed by atoms with E-state index in [2.05, 4.69) is 11.8 Å². The number of hydrogen-bond donors (Lipinski definition) is 2. The van der Waals surface area contributed by atoms with Gasteiger partial charge in [-0.1, -0.05) is 25.7 Å². The lowest BCUT2D eigenvalue weighted by Gasteiger charge is -2.42. The Morgan fingerprint density at radius 1 is 1.56 bits per heavy atom. The average Bonchev–Trinajstić information content (AvgIpc) is 2.23. The van der Waals surface area contributed by atoms with E-state index in [1.54, 1.807) is 19.9 Å². The summed E-state index contributed by atoms with van der Waals surface area (Å²) < 4.78 is 0. The summed E-state index contributed by atoms with van der Waals surface area (Å²) in [6.07, 6.45) is 3.32. The number of rotatable bonds is 1. The molecular formula is C15H20O3. The highest BCUT2D eigenvalue weighted by molar-refractivity contribution is 5.93. The zero-order chi connectivity index (χ0) is 14.0. The Labute approximate surface area is 108 Å². The summed E-state index contributed by atoms with van der Waals surface area (Å²) in [6, 6.07) is 0. The van der Waals surface area contributed by atoms with Crippen LogP contribution in [0.3, 0.4) is 0 Å². The highest BCUT2D eigenvalue weighted by atomic mass is 16.3. The maximum Gasteiger partial charge on any atom is 0.156 e. The molecule has 0 aromatic heterocycles. The molecule has 1 rings (SSSR count). The third-order valence-electron chi connectivity index (χ3n) is 3.38. The molecule has 0 amide bonds. The smallest absolute Gasteiger partial charge is 0.156 e. The summed E-state index contributed by atoms with van der Waals surface area (Å²) in [5.74, 6) is 5.71. The minimum atomic E-state index is -1.30. The molecule has 1 aliphatic carbocycles. The van der Waals surface area contributed by atoms with Gasteiger partial charge in [0.05, 0.1) is 6.61 Å². The first kappa shape index (κ1) is 14.7. The molecule has 2 N–H and O–H groups in total. The van der Waals surface area contributed by atoms with E-state index in [4.69, 9.17) is 5.11 Å². The second-order valence-electron chi connectivity index (χ2n) is 5.38. The third-order valence-corrected chi connectivity index (χ3v) is 3.38. The van der Waals surface area contributed by atoms with Gasteiger partial charge in [0.1, 0.15) is 0 Å². The largest absolute Gasteiger partial charge is 0.392 e. The van der Waals surface area contributed by atoms with Gasteiger partial charge in [-0.05, 0) is 37.1 Å². The number of ketones is 1. The second-order valence-corrected chi connectivity index (χ2v) is 5.38. The summed E-state index contributed by atoms with van der Waals surface area (Å²) in [6.45, 7) is 7.09. The van der Waals surface area contributed by atoms with Gasteiger partial charge in [0.2, 0.25) is 0 Å². The molecular weight excluding hydrogens is 228 g/mol. The van der Waals surface area contributed by atoms with Crippen molar-refractivity contribution in [1.82, 2.24) is 0 Å². The summed E-state index contributed by atoms with van der Waals surface area (Å²) in [4.78, 5) is 11.5. The number of allylic oxidation sites excluding steroid dienone is 2. The van der Waals surface area contributed by atoms with Crippen LogP contribution in [-0.4, -0.2) is 28.2 Å². The molecule has 1 aliphatic rings. The van der Waals surface area contributed by atoms with Gasteiger partial charge >= 0.3 is 0 Å². The molecule has 0 saturated carbocycles. The van der Waals surface area contributed by atoms with Crippen molar-refractivity contribution in [3.63, 3.8) is 0 Å². The first-order valence-corrected chi connectivity index (χ1v) is 5.98. The fourth-order valence-electron chi connectivity index (χ4n) is 2.14. The number of aliphatic hydroxyl groups excluding tert-OH is 1. The Kier molecular flexibility index (Phi) is 4.16. The Balaban J connectivity index is 3.21. The number of hydrogen-bond acceptors (Lipinski definition) is 3. The van der Waals surface area contributed by atoms with E-state index in [9.17, 15) is 9.90 Å². The van der Waals surface area contributed by atoms with Crippen molar-refractivity contribution in [3.8, 4) is 11.8 Å². The lowest BCUT2D eigenvalue weighted by molar-refractivity contribution is -0.121. The van der Waals surface area contributed by atoms with Crippen LogP contribution in [0.5, 0.6) is 0 Å². The minimum absolute atomic E-state index is 0.0200. The van der Waals surface area contributed by atoms with Gasteiger partial charge in [-0.2, -0.15) is 0 Å². The molecule has 0 saturated heterocycles. The second kappa shape index (κ2) is 5.09. The molecule has 0 spiro atoms. The van der Waals surface area contributed by atoms with Gasteiger partial charge < -0.3 is 10.2 Å². The average molecular weight is 248 g/mol. The molecule has 1 unspecified atom stereocenters. The highest BCUT2D eigenvalue weighted by Crippen LogP contribution is 2.42. The molecule has 0 heterocycles. The molecule has 0 radical (unpaired) electrons. The normalized spacial score (nSPS) is 27.3. The van der Waals surface area contributed by atoms with Crippen LogP contribution in [0.15, 0.2) is 23.3 Å².